The average Bonchev–Trinajstić information content (AvgIpc) is 3.53. The molecule has 4 heteroatoms. The van der Waals surface area contributed by atoms with Crippen LogP contribution in [-0.4, -0.2) is 15.0 Å². The van der Waals surface area contributed by atoms with Gasteiger partial charge in [0.25, 0.3) is 0 Å². The molecule has 234 valence electrons. The number of rotatable bonds is 4. The van der Waals surface area contributed by atoms with Crippen molar-refractivity contribution in [3.05, 3.63) is 151 Å². The first-order chi connectivity index (χ1) is 23.9. The van der Waals surface area contributed by atoms with Gasteiger partial charge in [-0.1, -0.05) is 148 Å². The molecule has 0 fully saturated rings. The van der Waals surface area contributed by atoms with Gasteiger partial charge in [-0.3, -0.25) is 0 Å². The van der Waals surface area contributed by atoms with Crippen LogP contribution >= 0.6 is 0 Å². The molecule has 7 aromatic carbocycles. The minimum absolute atomic E-state index is 0.0399. The lowest BCUT2D eigenvalue weighted by Crippen LogP contribution is -2.10. The molecule has 0 aliphatic rings. The van der Waals surface area contributed by atoms with E-state index in [1.165, 1.54) is 32.7 Å². The van der Waals surface area contributed by atoms with Crippen molar-refractivity contribution in [2.45, 2.75) is 26.2 Å². The minimum atomic E-state index is 0.0399. The third-order valence-electron chi connectivity index (χ3n) is 9.49. The summed E-state index contributed by atoms with van der Waals surface area (Å²) in [5.41, 5.74) is 7.88. The Balaban J connectivity index is 1.25. The van der Waals surface area contributed by atoms with Crippen molar-refractivity contribution < 1.29 is 4.42 Å². The molecule has 0 unspecified atom stereocenters. The number of fused-ring (bicyclic) bond motifs is 6. The van der Waals surface area contributed by atoms with E-state index in [-0.39, 0.29) is 5.41 Å². The normalized spacial score (nSPS) is 12.0. The molecule has 4 nitrogen and oxygen atoms in total. The summed E-state index contributed by atoms with van der Waals surface area (Å²) in [5.74, 6) is 1.81. The fourth-order valence-corrected chi connectivity index (χ4v) is 6.92. The molecule has 9 aromatic rings. The summed E-state index contributed by atoms with van der Waals surface area (Å²) in [6.45, 7) is 6.67. The van der Waals surface area contributed by atoms with E-state index < -0.39 is 0 Å². The summed E-state index contributed by atoms with van der Waals surface area (Å²) in [4.78, 5) is 15.3. The third-order valence-corrected chi connectivity index (χ3v) is 9.49. The number of para-hydroxylation sites is 2. The average molecular weight is 632 g/mol. The molecule has 0 atom stereocenters. The van der Waals surface area contributed by atoms with Gasteiger partial charge in [0, 0.05) is 21.9 Å². The Kier molecular flexibility index (Phi) is 6.66. The number of benzene rings is 7. The van der Waals surface area contributed by atoms with Gasteiger partial charge in [0.1, 0.15) is 11.2 Å². The van der Waals surface area contributed by atoms with E-state index in [9.17, 15) is 0 Å². The second-order valence-electron chi connectivity index (χ2n) is 13.7. The van der Waals surface area contributed by atoms with E-state index in [4.69, 9.17) is 19.4 Å². The molecule has 0 aliphatic heterocycles. The quantitative estimate of drug-likeness (QED) is 0.181. The molecule has 2 aromatic heterocycles. The molecule has 0 saturated carbocycles. The second kappa shape index (κ2) is 11.2. The Labute approximate surface area is 284 Å². The van der Waals surface area contributed by atoms with E-state index in [1.807, 2.05) is 30.3 Å². The molecule has 0 aliphatic carbocycles. The summed E-state index contributed by atoms with van der Waals surface area (Å²) < 4.78 is 6.43. The number of nitrogens with zero attached hydrogens (tertiary/aromatic N) is 3. The molecule has 2 heterocycles. The van der Waals surface area contributed by atoms with Gasteiger partial charge in [0.2, 0.25) is 0 Å². The van der Waals surface area contributed by atoms with Crippen molar-refractivity contribution in [3.8, 4) is 45.3 Å². The maximum absolute atomic E-state index is 6.43. The molecular weight excluding hydrogens is 599 g/mol. The van der Waals surface area contributed by atoms with Crippen molar-refractivity contribution in [1.29, 1.82) is 0 Å². The lowest BCUT2D eigenvalue weighted by atomic mass is 9.87. The fourth-order valence-electron chi connectivity index (χ4n) is 6.92. The monoisotopic (exact) mass is 631 g/mol. The standard InChI is InChI=1S/C45H33N3O/c1-45(2,3)33-25-23-30(24-26-33)42-46-43(48-44(47-42)38-19-10-18-37-36-16-6-7-20-39(36)49-41(37)38)32-14-8-13-31(27-32)35-17-9-12-29-22-21-28-11-4-5-15-34(28)40(29)35/h4-27H,1-3H3. The molecular formula is C45H33N3O. The highest BCUT2D eigenvalue weighted by molar-refractivity contribution is 6.14. The lowest BCUT2D eigenvalue weighted by Gasteiger charge is -2.19. The van der Waals surface area contributed by atoms with E-state index in [1.54, 1.807) is 0 Å². The van der Waals surface area contributed by atoms with Gasteiger partial charge >= 0.3 is 0 Å². The van der Waals surface area contributed by atoms with Gasteiger partial charge in [-0.25, -0.2) is 15.0 Å². The largest absolute Gasteiger partial charge is 0.455 e. The summed E-state index contributed by atoms with van der Waals surface area (Å²) >= 11 is 0. The lowest BCUT2D eigenvalue weighted by molar-refractivity contribution is 0.590. The maximum atomic E-state index is 6.43. The zero-order valence-corrected chi connectivity index (χ0v) is 27.6. The summed E-state index contributed by atoms with van der Waals surface area (Å²) in [7, 11) is 0. The Bertz CT molecular complexity index is 2700. The molecule has 0 saturated heterocycles. The van der Waals surface area contributed by atoms with Gasteiger partial charge in [0.05, 0.1) is 5.56 Å². The summed E-state index contributed by atoms with van der Waals surface area (Å²) in [5, 5.41) is 7.03. The molecule has 0 N–H and O–H groups in total. The van der Waals surface area contributed by atoms with Crippen LogP contribution in [0.4, 0.5) is 0 Å². The smallest absolute Gasteiger partial charge is 0.167 e. The first-order valence-electron chi connectivity index (χ1n) is 16.7. The van der Waals surface area contributed by atoms with E-state index >= 15 is 0 Å². The molecule has 0 bridgehead atoms. The molecule has 0 spiro atoms. The molecule has 9 rings (SSSR count). The van der Waals surface area contributed by atoms with Crippen LogP contribution in [0.5, 0.6) is 0 Å². The van der Waals surface area contributed by atoms with Crippen molar-refractivity contribution in [3.63, 3.8) is 0 Å². The van der Waals surface area contributed by atoms with Crippen molar-refractivity contribution in [1.82, 2.24) is 15.0 Å². The summed E-state index contributed by atoms with van der Waals surface area (Å²) in [6, 6.07) is 50.9. The highest BCUT2D eigenvalue weighted by Gasteiger charge is 2.19. The second-order valence-corrected chi connectivity index (χ2v) is 13.7. The van der Waals surface area contributed by atoms with E-state index in [0.29, 0.717) is 17.5 Å². The Morgan fingerprint density at radius 3 is 1.90 bits per heavy atom. The minimum Gasteiger partial charge on any atom is -0.455 e. The predicted molar refractivity (Wildman–Crippen MR) is 203 cm³/mol. The molecule has 49 heavy (non-hydrogen) atoms. The van der Waals surface area contributed by atoms with Crippen LogP contribution in [0.3, 0.4) is 0 Å². The van der Waals surface area contributed by atoms with E-state index in [0.717, 1.165) is 44.2 Å². The van der Waals surface area contributed by atoms with Crippen molar-refractivity contribution in [2.75, 3.05) is 0 Å². The number of hydrogen-bond acceptors (Lipinski definition) is 4. The fraction of sp³-hybridized carbons (Fsp3) is 0.0889. The zero-order chi connectivity index (χ0) is 33.1. The van der Waals surface area contributed by atoms with Gasteiger partial charge in [0.15, 0.2) is 17.5 Å². The van der Waals surface area contributed by atoms with Gasteiger partial charge in [-0.15, -0.1) is 0 Å². The van der Waals surface area contributed by atoms with Crippen LogP contribution in [0.25, 0.3) is 88.8 Å². The number of hydrogen-bond donors (Lipinski definition) is 0. The van der Waals surface area contributed by atoms with Crippen LogP contribution in [0, 0.1) is 0 Å². The SMILES string of the molecule is CC(C)(C)c1ccc(-c2nc(-c3cccc(-c4cccc5ccc6ccccc6c45)c3)nc(-c3cccc4c3oc3ccccc34)n2)cc1. The Hall–Kier alpha value is -6.13. The topological polar surface area (TPSA) is 51.8 Å². The first-order valence-corrected chi connectivity index (χ1v) is 16.7. The van der Waals surface area contributed by atoms with Crippen molar-refractivity contribution >= 4 is 43.5 Å². The Morgan fingerprint density at radius 1 is 0.449 bits per heavy atom. The molecule has 0 amide bonds. The highest BCUT2D eigenvalue weighted by Crippen LogP contribution is 2.38. The van der Waals surface area contributed by atoms with Crippen LogP contribution in [0.2, 0.25) is 0 Å². The van der Waals surface area contributed by atoms with Crippen molar-refractivity contribution in [2.24, 2.45) is 0 Å². The first kappa shape index (κ1) is 29.0. The van der Waals surface area contributed by atoms with Crippen LogP contribution in [-0.2, 0) is 5.41 Å². The Morgan fingerprint density at radius 2 is 1.06 bits per heavy atom. The van der Waals surface area contributed by atoms with Gasteiger partial charge in [-0.2, -0.15) is 0 Å². The third kappa shape index (κ3) is 5.04. The predicted octanol–water partition coefficient (Wildman–Crippen LogP) is 12.0. The number of aromatic nitrogens is 3. The van der Waals surface area contributed by atoms with E-state index in [2.05, 4.69) is 136 Å². The number of furan rings is 1. The highest BCUT2D eigenvalue weighted by atomic mass is 16.3. The van der Waals surface area contributed by atoms with Crippen LogP contribution < -0.4 is 0 Å². The maximum Gasteiger partial charge on any atom is 0.167 e. The zero-order valence-electron chi connectivity index (χ0n) is 27.6. The molecule has 0 radical (unpaired) electrons. The van der Waals surface area contributed by atoms with Gasteiger partial charge in [-0.05, 0) is 61.8 Å². The van der Waals surface area contributed by atoms with Gasteiger partial charge < -0.3 is 4.42 Å². The summed E-state index contributed by atoms with van der Waals surface area (Å²) in [6.07, 6.45) is 0. The van der Waals surface area contributed by atoms with Crippen LogP contribution in [0.15, 0.2) is 150 Å². The van der Waals surface area contributed by atoms with Crippen LogP contribution in [0.1, 0.15) is 26.3 Å².